The van der Waals surface area contributed by atoms with Crippen LogP contribution in [0, 0.1) is 6.92 Å². The van der Waals surface area contributed by atoms with Crippen LogP contribution in [0.15, 0.2) is 41.1 Å². The summed E-state index contributed by atoms with van der Waals surface area (Å²) >= 11 is 3.59. The largest absolute Gasteiger partial charge is 0.361 e. The zero-order chi connectivity index (χ0) is 34.6. The minimum absolute atomic E-state index is 0.486. The fourth-order valence-electron chi connectivity index (χ4n) is 4.88. The maximum Gasteiger partial charge on any atom is 0.200 e. The summed E-state index contributed by atoms with van der Waals surface area (Å²) in [5, 5.41) is 25.3. The third-order valence-electron chi connectivity index (χ3n) is 7.75. The van der Waals surface area contributed by atoms with Gasteiger partial charge in [0.25, 0.3) is 0 Å². The van der Waals surface area contributed by atoms with Gasteiger partial charge in [-0.15, -0.1) is 10.2 Å². The number of rotatable bonds is 12. The first kappa shape index (κ1) is 35.7. The third-order valence-corrected chi connectivity index (χ3v) is 11.8. The first-order chi connectivity index (χ1) is 22.7. The van der Waals surface area contributed by atoms with Crippen LogP contribution >= 0.6 is 15.9 Å². The lowest BCUT2D eigenvalue weighted by atomic mass is 10.2. The highest BCUT2D eigenvalue weighted by Gasteiger charge is 2.16. The molecule has 0 atom stereocenters. The summed E-state index contributed by atoms with van der Waals surface area (Å²) in [5.41, 5.74) is 4.45. The van der Waals surface area contributed by atoms with Crippen molar-refractivity contribution in [2.24, 2.45) is 14.1 Å². The number of fused-ring (bicyclic) bond motifs is 2. The molecule has 0 bridgehead atoms. The van der Waals surface area contributed by atoms with Crippen LogP contribution in [0.4, 0.5) is 0 Å². The number of aromatic nitrogens is 12. The van der Waals surface area contributed by atoms with E-state index in [2.05, 4.69) is 110 Å². The SMILES string of the molecule is Cc1cn(COCC[Si](C)(C)C)c2nc(-c3nnnn3C)ccc12.Cn1nnnc1-c1ccc2c(Br)cn(COCC[Si](C)(C)C)c2n1. The molecule has 256 valence electrons. The summed E-state index contributed by atoms with van der Waals surface area (Å²) in [6.45, 7) is 18.8. The average molecular weight is 754 g/mol. The molecule has 0 aliphatic heterocycles. The van der Waals surface area contributed by atoms with Crippen molar-refractivity contribution in [3.05, 3.63) is 46.7 Å². The van der Waals surface area contributed by atoms with Crippen molar-refractivity contribution in [1.29, 1.82) is 0 Å². The Morgan fingerprint density at radius 2 is 1.12 bits per heavy atom. The Hall–Kier alpha value is -3.65. The van der Waals surface area contributed by atoms with Gasteiger partial charge in [0.2, 0.25) is 0 Å². The van der Waals surface area contributed by atoms with Crippen molar-refractivity contribution in [3.8, 4) is 23.0 Å². The summed E-state index contributed by atoms with van der Waals surface area (Å²) in [4.78, 5) is 9.48. The molecule has 48 heavy (non-hydrogen) atoms. The van der Waals surface area contributed by atoms with Gasteiger partial charge in [-0.05, 0) is 85.6 Å². The fraction of sp³-hybridized carbons (Fsp3) is 0.484. The Morgan fingerprint density at radius 1 is 0.667 bits per heavy atom. The van der Waals surface area contributed by atoms with Gasteiger partial charge < -0.3 is 18.6 Å². The molecule has 0 aliphatic rings. The van der Waals surface area contributed by atoms with Gasteiger partial charge in [0.05, 0.1) is 0 Å². The van der Waals surface area contributed by atoms with Gasteiger partial charge in [-0.1, -0.05) is 39.3 Å². The molecule has 14 nitrogen and oxygen atoms in total. The van der Waals surface area contributed by atoms with E-state index in [0.29, 0.717) is 25.1 Å². The van der Waals surface area contributed by atoms with Crippen molar-refractivity contribution in [2.45, 2.75) is 71.8 Å². The molecule has 0 amide bonds. The molecule has 0 saturated carbocycles. The van der Waals surface area contributed by atoms with Gasteiger partial charge in [0.1, 0.15) is 36.1 Å². The molecule has 6 aromatic heterocycles. The van der Waals surface area contributed by atoms with E-state index in [0.717, 1.165) is 63.2 Å². The summed E-state index contributed by atoms with van der Waals surface area (Å²) in [6, 6.07) is 10.3. The number of pyridine rings is 2. The first-order valence-corrected chi connectivity index (χ1v) is 24.1. The lowest BCUT2D eigenvalue weighted by Gasteiger charge is -2.15. The molecular weight excluding hydrogens is 708 g/mol. The highest BCUT2D eigenvalue weighted by atomic mass is 79.9. The lowest BCUT2D eigenvalue weighted by molar-refractivity contribution is 0.0897. The number of nitrogens with zero attached hydrogens (tertiary/aromatic N) is 12. The number of halogens is 1. The summed E-state index contributed by atoms with van der Waals surface area (Å²) in [7, 11) is 1.46. The standard InChI is InChI=1S/C16H24N6OSi.C15H21BrN6OSi/c1-12-10-22(11-23-8-9-24(3,4)5)15-13(12)6-7-14(17-15)16-18-19-20-21(16)2;1-21-15(18-19-20-21)13-6-5-11-12(16)9-22(14(11)17-13)10-23-7-8-24(2,3)4/h6-7,10H,8-9,11H2,1-5H3;5-6,9H,7-8,10H2,1-4H3. The second-order valence-corrected chi connectivity index (χ2v) is 26.4. The summed E-state index contributed by atoms with van der Waals surface area (Å²) < 4.78 is 20.1. The van der Waals surface area contributed by atoms with Gasteiger partial charge in [0.15, 0.2) is 11.6 Å². The summed E-state index contributed by atoms with van der Waals surface area (Å²) in [5.74, 6) is 1.29. The molecule has 0 aliphatic carbocycles. The van der Waals surface area contributed by atoms with Crippen molar-refractivity contribution >= 4 is 54.1 Å². The second-order valence-electron chi connectivity index (χ2n) is 14.3. The molecule has 0 unspecified atom stereocenters. The predicted octanol–water partition coefficient (Wildman–Crippen LogP) is 6.15. The zero-order valence-electron chi connectivity index (χ0n) is 29.3. The average Bonchev–Trinajstić information content (AvgIpc) is 3.79. The van der Waals surface area contributed by atoms with Crippen molar-refractivity contribution in [1.82, 2.24) is 59.5 Å². The molecule has 6 rings (SSSR count). The maximum atomic E-state index is 5.88. The van der Waals surface area contributed by atoms with Gasteiger partial charge in [-0.25, -0.2) is 19.3 Å². The Kier molecular flexibility index (Phi) is 11.0. The quantitative estimate of drug-likeness (QED) is 0.106. The van der Waals surface area contributed by atoms with Gasteiger partial charge >= 0.3 is 0 Å². The fourth-order valence-corrected chi connectivity index (χ4v) is 6.95. The van der Waals surface area contributed by atoms with Crippen LogP contribution in [-0.4, -0.2) is 88.9 Å². The van der Waals surface area contributed by atoms with E-state index in [-0.39, 0.29) is 0 Å². The van der Waals surface area contributed by atoms with E-state index in [4.69, 9.17) is 19.4 Å². The topological polar surface area (TPSA) is 141 Å². The van der Waals surface area contributed by atoms with Crippen molar-refractivity contribution in [2.75, 3.05) is 13.2 Å². The number of aryl methyl sites for hydroxylation is 3. The molecule has 0 saturated heterocycles. The Bertz CT molecular complexity index is 1840. The van der Waals surface area contributed by atoms with E-state index in [1.165, 1.54) is 5.56 Å². The lowest BCUT2D eigenvalue weighted by Crippen LogP contribution is -2.22. The van der Waals surface area contributed by atoms with E-state index >= 15 is 0 Å². The number of ether oxygens (including phenoxy) is 2. The summed E-state index contributed by atoms with van der Waals surface area (Å²) in [6.07, 6.45) is 4.09. The van der Waals surface area contributed by atoms with E-state index in [9.17, 15) is 0 Å². The molecular formula is C31H45BrN12O2Si2. The Morgan fingerprint density at radius 3 is 1.58 bits per heavy atom. The number of tetrazole rings is 2. The van der Waals surface area contributed by atoms with Crippen LogP contribution in [0.25, 0.3) is 45.1 Å². The number of hydrogen-bond acceptors (Lipinski definition) is 10. The van der Waals surface area contributed by atoms with Crippen LogP contribution in [-0.2, 0) is 37.0 Å². The van der Waals surface area contributed by atoms with E-state index in [1.807, 2.05) is 36.0 Å². The normalized spacial score (nSPS) is 12.2. The van der Waals surface area contributed by atoms with Crippen molar-refractivity contribution < 1.29 is 9.47 Å². The van der Waals surface area contributed by atoms with Gasteiger partial charge in [-0.3, -0.25) is 0 Å². The monoisotopic (exact) mass is 752 g/mol. The van der Waals surface area contributed by atoms with Gasteiger partial charge in [0, 0.05) is 71.1 Å². The van der Waals surface area contributed by atoms with Crippen LogP contribution in [0.3, 0.4) is 0 Å². The highest BCUT2D eigenvalue weighted by Crippen LogP contribution is 2.28. The minimum atomic E-state index is -1.08. The Labute approximate surface area is 291 Å². The first-order valence-electron chi connectivity index (χ1n) is 15.9. The van der Waals surface area contributed by atoms with Crippen LogP contribution < -0.4 is 0 Å². The molecule has 0 aromatic carbocycles. The molecule has 6 heterocycles. The van der Waals surface area contributed by atoms with Crippen molar-refractivity contribution in [3.63, 3.8) is 0 Å². The maximum absolute atomic E-state index is 5.88. The minimum Gasteiger partial charge on any atom is -0.361 e. The molecule has 0 spiro atoms. The third kappa shape index (κ3) is 8.87. The Balaban J connectivity index is 0.000000188. The zero-order valence-corrected chi connectivity index (χ0v) is 32.9. The van der Waals surface area contributed by atoms with Gasteiger partial charge in [-0.2, -0.15) is 0 Å². The van der Waals surface area contributed by atoms with E-state index in [1.54, 1.807) is 16.4 Å². The van der Waals surface area contributed by atoms with Crippen LogP contribution in [0.1, 0.15) is 5.56 Å². The predicted molar refractivity (Wildman–Crippen MR) is 196 cm³/mol. The van der Waals surface area contributed by atoms with Crippen LogP contribution in [0.2, 0.25) is 51.4 Å². The smallest absolute Gasteiger partial charge is 0.200 e. The molecule has 0 radical (unpaired) electrons. The molecule has 0 fully saturated rings. The van der Waals surface area contributed by atoms with E-state index < -0.39 is 16.1 Å². The molecule has 0 N–H and O–H groups in total. The second kappa shape index (κ2) is 14.9. The highest BCUT2D eigenvalue weighted by molar-refractivity contribution is 9.10. The molecule has 17 heteroatoms. The van der Waals surface area contributed by atoms with Crippen LogP contribution in [0.5, 0.6) is 0 Å². The molecule has 6 aromatic rings. The number of hydrogen-bond donors (Lipinski definition) is 0.